The first kappa shape index (κ1) is 18.9. The van der Waals surface area contributed by atoms with Crippen molar-refractivity contribution in [1.82, 2.24) is 20.0 Å². The molecule has 3 N–H and O–H groups in total. The first-order chi connectivity index (χ1) is 13.1. The van der Waals surface area contributed by atoms with Crippen molar-refractivity contribution >= 4 is 11.9 Å². The maximum Gasteiger partial charge on any atom is 0.248 e. The Balaban J connectivity index is 1.73. The Morgan fingerprint density at radius 1 is 1.48 bits per heavy atom. The number of carbonyl (C=O) groups excluding carboxylic acids is 1. The fourth-order valence-corrected chi connectivity index (χ4v) is 3.06. The summed E-state index contributed by atoms with van der Waals surface area (Å²) in [5.74, 6) is 0.402. The third kappa shape index (κ3) is 4.85. The van der Waals surface area contributed by atoms with Crippen LogP contribution in [0.25, 0.3) is 0 Å². The molecule has 27 heavy (non-hydrogen) atoms. The molecule has 8 nitrogen and oxygen atoms in total. The number of morpholine rings is 1. The molecule has 8 heteroatoms. The number of primary amides is 1. The highest BCUT2D eigenvalue weighted by Gasteiger charge is 2.25. The normalized spacial score (nSPS) is 17.8. The van der Waals surface area contributed by atoms with Gasteiger partial charge in [-0.3, -0.25) is 9.48 Å². The number of aliphatic imine (C=N–C) groups is 1. The van der Waals surface area contributed by atoms with Gasteiger partial charge in [0, 0.05) is 37.5 Å². The van der Waals surface area contributed by atoms with Crippen LogP contribution in [0.4, 0.5) is 0 Å². The Morgan fingerprint density at radius 2 is 2.33 bits per heavy atom. The number of aryl methyl sites for hydroxylation is 1. The van der Waals surface area contributed by atoms with Crippen molar-refractivity contribution in [2.45, 2.75) is 19.6 Å². The zero-order chi connectivity index (χ0) is 19.2. The molecule has 0 bridgehead atoms. The molecule has 0 radical (unpaired) electrons. The van der Waals surface area contributed by atoms with Crippen LogP contribution in [0, 0.1) is 0 Å². The topological polar surface area (TPSA) is 97.8 Å². The quantitative estimate of drug-likeness (QED) is 0.606. The van der Waals surface area contributed by atoms with Gasteiger partial charge in [-0.1, -0.05) is 12.1 Å². The predicted molar refractivity (Wildman–Crippen MR) is 103 cm³/mol. The van der Waals surface area contributed by atoms with Crippen LogP contribution < -0.4 is 11.1 Å². The summed E-state index contributed by atoms with van der Waals surface area (Å²) in [5, 5.41) is 7.58. The average Bonchev–Trinajstić information content (AvgIpc) is 3.12. The summed E-state index contributed by atoms with van der Waals surface area (Å²) in [7, 11) is 1.90. The summed E-state index contributed by atoms with van der Waals surface area (Å²) < 4.78 is 7.69. The number of carbonyl (C=O) groups is 1. The molecule has 1 amide bonds. The zero-order valence-corrected chi connectivity index (χ0v) is 15.8. The van der Waals surface area contributed by atoms with Crippen LogP contribution >= 0.6 is 0 Å². The van der Waals surface area contributed by atoms with Gasteiger partial charge in [0.1, 0.15) is 6.10 Å². The Morgan fingerprint density at radius 3 is 3.04 bits per heavy atom. The number of nitrogens with zero attached hydrogens (tertiary/aromatic N) is 4. The highest BCUT2D eigenvalue weighted by atomic mass is 16.5. The lowest BCUT2D eigenvalue weighted by Crippen LogP contribution is -2.48. The van der Waals surface area contributed by atoms with Gasteiger partial charge in [0.2, 0.25) is 5.91 Å². The molecule has 1 saturated heterocycles. The van der Waals surface area contributed by atoms with E-state index in [0.29, 0.717) is 25.3 Å². The number of rotatable bonds is 5. The number of aromatic nitrogens is 2. The second kappa shape index (κ2) is 8.68. The van der Waals surface area contributed by atoms with E-state index in [1.165, 1.54) is 0 Å². The number of guanidine groups is 1. The summed E-state index contributed by atoms with van der Waals surface area (Å²) >= 11 is 0. The van der Waals surface area contributed by atoms with Crippen LogP contribution in [0.2, 0.25) is 0 Å². The summed E-state index contributed by atoms with van der Waals surface area (Å²) in [6.07, 6.45) is 3.79. The molecule has 144 valence electrons. The molecule has 2 heterocycles. The van der Waals surface area contributed by atoms with Crippen molar-refractivity contribution in [3.8, 4) is 0 Å². The minimum Gasteiger partial charge on any atom is -0.370 e. The fourth-order valence-electron chi connectivity index (χ4n) is 3.06. The Bertz CT molecular complexity index is 816. The highest BCUT2D eigenvalue weighted by Crippen LogP contribution is 2.21. The van der Waals surface area contributed by atoms with Gasteiger partial charge in [0.15, 0.2) is 5.96 Å². The van der Waals surface area contributed by atoms with Gasteiger partial charge in [-0.05, 0) is 24.6 Å². The van der Waals surface area contributed by atoms with E-state index in [1.54, 1.807) is 16.8 Å². The van der Waals surface area contributed by atoms with E-state index in [2.05, 4.69) is 15.3 Å². The number of hydrogen-bond acceptors (Lipinski definition) is 4. The number of ether oxygens (including phenoxy) is 1. The molecule has 1 aliphatic heterocycles. The number of nitrogens with one attached hydrogen (secondary N) is 1. The van der Waals surface area contributed by atoms with E-state index in [4.69, 9.17) is 15.5 Å². The summed E-state index contributed by atoms with van der Waals surface area (Å²) in [6.45, 7) is 5.39. The lowest BCUT2D eigenvalue weighted by Gasteiger charge is -2.34. The van der Waals surface area contributed by atoms with Gasteiger partial charge in [-0.15, -0.1) is 0 Å². The zero-order valence-electron chi connectivity index (χ0n) is 15.8. The van der Waals surface area contributed by atoms with E-state index in [9.17, 15) is 4.79 Å². The van der Waals surface area contributed by atoms with Gasteiger partial charge >= 0.3 is 0 Å². The second-order valence-corrected chi connectivity index (χ2v) is 6.49. The van der Waals surface area contributed by atoms with Crippen molar-refractivity contribution in [1.29, 1.82) is 0 Å². The first-order valence-electron chi connectivity index (χ1n) is 9.09. The maximum absolute atomic E-state index is 11.4. The smallest absolute Gasteiger partial charge is 0.248 e. The molecule has 1 atom stereocenters. The lowest BCUT2D eigenvalue weighted by atomic mass is 10.1. The Labute approximate surface area is 159 Å². The largest absolute Gasteiger partial charge is 0.370 e. The van der Waals surface area contributed by atoms with Crippen molar-refractivity contribution in [2.75, 3.05) is 26.2 Å². The van der Waals surface area contributed by atoms with E-state index in [1.807, 2.05) is 38.5 Å². The number of benzene rings is 1. The molecule has 0 aliphatic carbocycles. The SMILES string of the molecule is CCNC(=NCc1cccc(C(N)=O)c1)N1CCOC(c2cnn(C)c2)C1. The first-order valence-corrected chi connectivity index (χ1v) is 9.09. The van der Waals surface area contributed by atoms with E-state index >= 15 is 0 Å². The summed E-state index contributed by atoms with van der Waals surface area (Å²) in [4.78, 5) is 18.3. The predicted octanol–water partition coefficient (Wildman–Crippen LogP) is 1.06. The van der Waals surface area contributed by atoms with E-state index < -0.39 is 5.91 Å². The molecule has 1 fully saturated rings. The lowest BCUT2D eigenvalue weighted by molar-refractivity contribution is -0.00805. The van der Waals surface area contributed by atoms with Gasteiger partial charge in [-0.25, -0.2) is 4.99 Å². The van der Waals surface area contributed by atoms with Crippen LogP contribution in [-0.4, -0.2) is 52.8 Å². The van der Waals surface area contributed by atoms with Gasteiger partial charge in [0.25, 0.3) is 0 Å². The second-order valence-electron chi connectivity index (χ2n) is 6.49. The molecule has 1 aliphatic rings. The van der Waals surface area contributed by atoms with Crippen LogP contribution in [0.15, 0.2) is 41.7 Å². The standard InChI is InChI=1S/C19H26N6O2/c1-3-21-19(22-10-14-5-4-6-15(9-14)18(20)26)25-7-8-27-17(13-25)16-11-23-24(2)12-16/h4-6,9,11-12,17H,3,7-8,10,13H2,1-2H3,(H2,20,26)(H,21,22). The van der Waals surface area contributed by atoms with Crippen molar-refractivity contribution in [3.05, 3.63) is 53.3 Å². The van der Waals surface area contributed by atoms with Crippen LogP contribution in [0.1, 0.15) is 34.5 Å². The molecule has 3 rings (SSSR count). The summed E-state index contributed by atoms with van der Waals surface area (Å²) in [5.41, 5.74) is 7.86. The van der Waals surface area contributed by atoms with Crippen molar-refractivity contribution in [3.63, 3.8) is 0 Å². The van der Waals surface area contributed by atoms with E-state index in [0.717, 1.165) is 30.2 Å². The fraction of sp³-hybridized carbons (Fsp3) is 0.421. The third-order valence-corrected chi connectivity index (χ3v) is 4.42. The molecule has 1 aromatic heterocycles. The van der Waals surface area contributed by atoms with Crippen LogP contribution in [-0.2, 0) is 18.3 Å². The molecular formula is C19H26N6O2. The molecule has 0 spiro atoms. The van der Waals surface area contributed by atoms with Crippen LogP contribution in [0.5, 0.6) is 0 Å². The molecule has 0 saturated carbocycles. The molecular weight excluding hydrogens is 344 g/mol. The number of hydrogen-bond donors (Lipinski definition) is 2. The summed E-state index contributed by atoms with van der Waals surface area (Å²) in [6, 6.07) is 7.26. The number of amides is 1. The minimum atomic E-state index is -0.430. The Hall–Kier alpha value is -2.87. The number of nitrogens with two attached hydrogens (primary N) is 1. The Kier molecular flexibility index (Phi) is 6.08. The minimum absolute atomic E-state index is 0.0329. The van der Waals surface area contributed by atoms with Gasteiger partial charge < -0.3 is 20.7 Å². The monoisotopic (exact) mass is 370 g/mol. The molecule has 1 aromatic carbocycles. The highest BCUT2D eigenvalue weighted by molar-refractivity contribution is 5.92. The van der Waals surface area contributed by atoms with Crippen LogP contribution in [0.3, 0.4) is 0 Å². The van der Waals surface area contributed by atoms with E-state index in [-0.39, 0.29) is 6.10 Å². The van der Waals surface area contributed by atoms with Gasteiger partial charge in [0.05, 0.1) is 25.9 Å². The average molecular weight is 370 g/mol. The third-order valence-electron chi connectivity index (χ3n) is 4.42. The van der Waals surface area contributed by atoms with Gasteiger partial charge in [-0.2, -0.15) is 5.10 Å². The van der Waals surface area contributed by atoms with Crippen molar-refractivity contribution < 1.29 is 9.53 Å². The molecule has 2 aromatic rings. The van der Waals surface area contributed by atoms with Crippen molar-refractivity contribution in [2.24, 2.45) is 17.8 Å². The maximum atomic E-state index is 11.4. The molecule has 1 unspecified atom stereocenters.